The van der Waals surface area contributed by atoms with Gasteiger partial charge >= 0.3 is 0 Å². The van der Waals surface area contributed by atoms with Gasteiger partial charge in [0.1, 0.15) is 0 Å². The molecule has 0 saturated carbocycles. The third-order valence-corrected chi connectivity index (χ3v) is 7.40. The summed E-state index contributed by atoms with van der Waals surface area (Å²) in [4.78, 5) is 0. The molecule has 0 aliphatic carbocycles. The van der Waals surface area contributed by atoms with Gasteiger partial charge in [0.2, 0.25) is 0 Å². The summed E-state index contributed by atoms with van der Waals surface area (Å²) in [7, 11) is 0.606. The molecule has 0 N–H and O–H groups in total. The maximum Gasteiger partial charge on any atom is 0.00685 e. The van der Waals surface area contributed by atoms with E-state index in [0.29, 0.717) is 8.19 Å². The molecule has 1 unspecified atom stereocenters. The monoisotopic (exact) mass is 380 g/mol. The van der Waals surface area contributed by atoms with Crippen molar-refractivity contribution in [2.45, 2.75) is 20.8 Å². The van der Waals surface area contributed by atoms with Gasteiger partial charge < -0.3 is 0 Å². The highest BCUT2D eigenvalue weighted by Gasteiger charge is 2.15. The average Bonchev–Trinajstić information content (AvgIpc) is 3.08. The van der Waals surface area contributed by atoms with Crippen molar-refractivity contribution in [3.63, 3.8) is 0 Å². The Bertz CT molecular complexity index is 1330. The van der Waals surface area contributed by atoms with E-state index in [1.54, 1.807) is 0 Å². The molecule has 3 aromatic carbocycles. The fourth-order valence-electron chi connectivity index (χ4n) is 4.31. The van der Waals surface area contributed by atoms with Crippen molar-refractivity contribution in [3.05, 3.63) is 95.8 Å². The van der Waals surface area contributed by atoms with Gasteiger partial charge in [0.05, 0.1) is 0 Å². The zero-order valence-corrected chi connectivity index (χ0v) is 17.8. The molecule has 0 saturated heterocycles. The van der Waals surface area contributed by atoms with Crippen LogP contribution in [-0.4, -0.2) is 0 Å². The van der Waals surface area contributed by atoms with Crippen LogP contribution in [0.15, 0.2) is 73.9 Å². The first kappa shape index (κ1) is 18.5. The van der Waals surface area contributed by atoms with E-state index in [1.807, 2.05) is 18.2 Å². The summed E-state index contributed by atoms with van der Waals surface area (Å²) < 4.78 is 0. The summed E-state index contributed by atoms with van der Waals surface area (Å²) in [5, 5.41) is 9.41. The van der Waals surface area contributed by atoms with E-state index in [2.05, 4.69) is 76.9 Å². The minimum atomic E-state index is 0.606. The molecule has 4 aromatic rings. The predicted molar refractivity (Wildman–Crippen MR) is 131 cm³/mol. The molecule has 1 atom stereocenters. The van der Waals surface area contributed by atoms with Gasteiger partial charge in [-0.25, -0.2) is 0 Å². The zero-order valence-electron chi connectivity index (χ0n) is 16.8. The molecule has 0 amide bonds. The van der Waals surface area contributed by atoms with Crippen LogP contribution in [-0.2, 0) is 0 Å². The van der Waals surface area contributed by atoms with Crippen LogP contribution in [0, 0.1) is 13.8 Å². The van der Waals surface area contributed by atoms with Crippen molar-refractivity contribution in [2.24, 2.45) is 0 Å². The van der Waals surface area contributed by atoms with E-state index in [1.165, 1.54) is 59.6 Å². The Hall–Kier alpha value is -2.82. The lowest BCUT2D eigenvalue weighted by atomic mass is 9.91. The van der Waals surface area contributed by atoms with Crippen molar-refractivity contribution in [1.82, 2.24) is 0 Å². The van der Waals surface area contributed by atoms with Gasteiger partial charge in [-0.05, 0) is 87.7 Å². The Labute approximate surface area is 168 Å². The Balaban J connectivity index is 2.18. The molecular weight excluding hydrogens is 355 g/mol. The van der Waals surface area contributed by atoms with Crippen molar-refractivity contribution in [2.75, 3.05) is 0 Å². The lowest BCUT2D eigenvalue weighted by Crippen LogP contribution is -1.88. The Morgan fingerprint density at radius 3 is 1.96 bits per heavy atom. The Kier molecular flexibility index (Phi) is 4.61. The van der Waals surface area contributed by atoms with Gasteiger partial charge in [-0.1, -0.05) is 62.2 Å². The summed E-state index contributed by atoms with van der Waals surface area (Å²) in [5.74, 6) is 0. The SMILES string of the molecule is C=C/C(C)=C(\C=C)c1[pH]c2cc3c(C)c4ccccc4c(C)c3cc2c1C=C. The molecule has 0 bridgehead atoms. The number of aryl methyl sites for hydroxylation is 2. The molecule has 1 heteroatoms. The number of benzene rings is 3. The molecule has 0 aliphatic heterocycles. The fraction of sp³-hybridized carbons (Fsp3) is 0.111. The van der Waals surface area contributed by atoms with Gasteiger partial charge in [0.25, 0.3) is 0 Å². The molecule has 0 fully saturated rings. The number of hydrogen-bond donors (Lipinski definition) is 0. The average molecular weight is 380 g/mol. The van der Waals surface area contributed by atoms with Gasteiger partial charge in [-0.2, -0.15) is 0 Å². The van der Waals surface area contributed by atoms with Gasteiger partial charge in [0.15, 0.2) is 0 Å². The lowest BCUT2D eigenvalue weighted by Gasteiger charge is -2.12. The van der Waals surface area contributed by atoms with Gasteiger partial charge in [0, 0.05) is 10.4 Å². The molecule has 1 aromatic heterocycles. The first-order valence-electron chi connectivity index (χ1n) is 9.57. The van der Waals surface area contributed by atoms with E-state index < -0.39 is 0 Å². The van der Waals surface area contributed by atoms with Crippen LogP contribution in [0.5, 0.6) is 0 Å². The molecular formula is C27H25P. The molecule has 28 heavy (non-hydrogen) atoms. The predicted octanol–water partition coefficient (Wildman–Crippen LogP) is 8.58. The highest BCUT2D eigenvalue weighted by molar-refractivity contribution is 7.39. The Morgan fingerprint density at radius 1 is 0.821 bits per heavy atom. The molecule has 1 heterocycles. The van der Waals surface area contributed by atoms with Crippen molar-refractivity contribution >= 4 is 51.9 Å². The van der Waals surface area contributed by atoms with Crippen LogP contribution in [0.1, 0.15) is 28.9 Å². The third-order valence-electron chi connectivity index (χ3n) is 5.93. The summed E-state index contributed by atoms with van der Waals surface area (Å²) in [6, 6.07) is 13.5. The van der Waals surface area contributed by atoms with Crippen LogP contribution in [0.3, 0.4) is 0 Å². The minimum Gasteiger partial charge on any atom is -0.123 e. The summed E-state index contributed by atoms with van der Waals surface area (Å²) in [6.45, 7) is 18.7. The van der Waals surface area contributed by atoms with Crippen LogP contribution in [0.2, 0.25) is 0 Å². The molecule has 0 radical (unpaired) electrons. The quantitative estimate of drug-likeness (QED) is 0.246. The smallest absolute Gasteiger partial charge is 0.00685 e. The largest absolute Gasteiger partial charge is 0.123 e. The second kappa shape index (κ2) is 6.97. The van der Waals surface area contributed by atoms with Gasteiger partial charge in [-0.3, -0.25) is 0 Å². The van der Waals surface area contributed by atoms with Crippen molar-refractivity contribution in [1.29, 1.82) is 0 Å². The highest BCUT2D eigenvalue weighted by Crippen LogP contribution is 2.45. The first-order chi connectivity index (χ1) is 13.5. The number of allylic oxidation sites excluding steroid dienone is 4. The van der Waals surface area contributed by atoms with E-state index in [9.17, 15) is 0 Å². The first-order valence-corrected chi connectivity index (χ1v) is 10.6. The third kappa shape index (κ3) is 2.60. The van der Waals surface area contributed by atoms with Crippen molar-refractivity contribution in [3.8, 4) is 0 Å². The van der Waals surface area contributed by atoms with E-state index in [4.69, 9.17) is 0 Å². The fourth-order valence-corrected chi connectivity index (χ4v) is 5.94. The molecule has 4 rings (SSSR count). The van der Waals surface area contributed by atoms with Gasteiger partial charge in [-0.15, -0.1) is 8.19 Å². The van der Waals surface area contributed by atoms with E-state index in [-0.39, 0.29) is 0 Å². The normalized spacial score (nSPS) is 12.7. The number of rotatable bonds is 4. The standard InChI is InChI=1S/C27H25P/c1-7-16(4)19(8-2)27-20(9-3)25-14-23-17(5)21-12-10-11-13-22(21)18(6)24(23)15-26(25)28-27/h7-15,28H,1-3H2,4-6H3/b19-16+. The zero-order chi connectivity index (χ0) is 20.0. The van der Waals surface area contributed by atoms with Crippen LogP contribution in [0.4, 0.5) is 0 Å². The van der Waals surface area contributed by atoms with E-state index >= 15 is 0 Å². The number of fused-ring (bicyclic) bond motifs is 3. The summed E-state index contributed by atoms with van der Waals surface area (Å²) in [6.07, 6.45) is 5.87. The lowest BCUT2D eigenvalue weighted by molar-refractivity contribution is 1.53. The molecule has 0 spiro atoms. The topological polar surface area (TPSA) is 0 Å². The van der Waals surface area contributed by atoms with Crippen LogP contribution < -0.4 is 0 Å². The number of hydrogen-bond acceptors (Lipinski definition) is 0. The molecule has 138 valence electrons. The van der Waals surface area contributed by atoms with Crippen LogP contribution in [0.25, 0.3) is 43.7 Å². The highest BCUT2D eigenvalue weighted by atomic mass is 31.0. The summed E-state index contributed by atoms with van der Waals surface area (Å²) >= 11 is 0. The van der Waals surface area contributed by atoms with Crippen molar-refractivity contribution < 1.29 is 0 Å². The van der Waals surface area contributed by atoms with Crippen LogP contribution >= 0.6 is 8.19 Å². The molecule has 0 aliphatic rings. The van der Waals surface area contributed by atoms with E-state index in [0.717, 1.165) is 5.57 Å². The second-order valence-electron chi connectivity index (χ2n) is 7.36. The minimum absolute atomic E-state index is 0.606. The molecule has 0 nitrogen and oxygen atoms in total. The Morgan fingerprint density at radius 2 is 1.43 bits per heavy atom. The maximum absolute atomic E-state index is 4.13. The summed E-state index contributed by atoms with van der Waals surface area (Å²) in [5.41, 5.74) is 6.28. The second-order valence-corrected chi connectivity index (χ2v) is 8.65. The maximum atomic E-state index is 4.13.